The predicted molar refractivity (Wildman–Crippen MR) is 117 cm³/mol. The van der Waals surface area contributed by atoms with Crippen molar-refractivity contribution in [2.24, 2.45) is 0 Å². The van der Waals surface area contributed by atoms with E-state index in [9.17, 15) is 14.4 Å². The van der Waals surface area contributed by atoms with Crippen molar-refractivity contribution < 1.29 is 13.9 Å². The summed E-state index contributed by atoms with van der Waals surface area (Å²) in [7, 11) is 0. The standard InChI is InChI=1S/C22H26N4O5/c1-3-5-12-25-19(23)18(20(27)24-22(25)29)26(14-15-9-8-13-31-15)21(28)16-10-6-7-11-17(16)30-4-2/h6-11,13H,3-5,12,14,23H2,1-2H3,(H,24,27,29). The summed E-state index contributed by atoms with van der Waals surface area (Å²) in [5.41, 5.74) is 5.05. The summed E-state index contributed by atoms with van der Waals surface area (Å²) in [6, 6.07) is 10.1. The molecule has 0 saturated heterocycles. The molecule has 0 fully saturated rings. The number of nitrogens with two attached hydrogens (primary N) is 1. The second-order valence-electron chi connectivity index (χ2n) is 6.90. The van der Waals surface area contributed by atoms with Crippen molar-refractivity contribution in [2.75, 3.05) is 17.2 Å². The van der Waals surface area contributed by atoms with Gasteiger partial charge in [0.2, 0.25) is 0 Å². The summed E-state index contributed by atoms with van der Waals surface area (Å²) in [4.78, 5) is 42.2. The van der Waals surface area contributed by atoms with Crippen molar-refractivity contribution in [1.29, 1.82) is 0 Å². The van der Waals surface area contributed by atoms with Crippen molar-refractivity contribution in [2.45, 2.75) is 39.8 Å². The van der Waals surface area contributed by atoms with E-state index in [1.807, 2.05) is 13.8 Å². The van der Waals surface area contributed by atoms with Crippen LogP contribution in [-0.2, 0) is 13.1 Å². The molecule has 9 nitrogen and oxygen atoms in total. The van der Waals surface area contributed by atoms with Crippen molar-refractivity contribution >= 4 is 17.4 Å². The number of anilines is 2. The number of nitrogen functional groups attached to an aromatic ring is 1. The van der Waals surface area contributed by atoms with Crippen LogP contribution in [0.5, 0.6) is 5.75 Å². The zero-order valence-corrected chi connectivity index (χ0v) is 17.6. The van der Waals surface area contributed by atoms with Crippen LogP contribution in [0, 0.1) is 0 Å². The number of H-pyrrole nitrogens is 1. The Morgan fingerprint density at radius 2 is 1.97 bits per heavy atom. The van der Waals surface area contributed by atoms with Gasteiger partial charge in [0.05, 0.1) is 25.0 Å². The number of unbranched alkanes of at least 4 members (excludes halogenated alkanes) is 1. The summed E-state index contributed by atoms with van der Waals surface area (Å²) >= 11 is 0. The number of aromatic amines is 1. The predicted octanol–water partition coefficient (Wildman–Crippen LogP) is 2.76. The summed E-state index contributed by atoms with van der Waals surface area (Å²) in [6.07, 6.45) is 2.99. The van der Waals surface area contributed by atoms with Gasteiger partial charge in [-0.1, -0.05) is 25.5 Å². The first-order valence-electron chi connectivity index (χ1n) is 10.2. The number of benzene rings is 1. The molecule has 3 aromatic rings. The third kappa shape index (κ3) is 4.71. The largest absolute Gasteiger partial charge is 0.493 e. The molecule has 0 atom stereocenters. The van der Waals surface area contributed by atoms with E-state index >= 15 is 0 Å². The zero-order chi connectivity index (χ0) is 22.4. The van der Waals surface area contributed by atoms with Gasteiger partial charge in [0.1, 0.15) is 17.3 Å². The van der Waals surface area contributed by atoms with Gasteiger partial charge in [-0.2, -0.15) is 0 Å². The first kappa shape index (κ1) is 21.9. The van der Waals surface area contributed by atoms with Gasteiger partial charge in [-0.25, -0.2) is 4.79 Å². The number of furan rings is 1. The number of ether oxygens (including phenoxy) is 1. The lowest BCUT2D eigenvalue weighted by molar-refractivity contribution is 0.0979. The SMILES string of the molecule is CCCCn1c(N)c(N(Cc2ccco2)C(=O)c2ccccc2OCC)c(=O)[nH]c1=O. The van der Waals surface area contributed by atoms with E-state index in [0.29, 0.717) is 31.1 Å². The highest BCUT2D eigenvalue weighted by Crippen LogP contribution is 2.26. The second kappa shape index (κ2) is 9.84. The molecule has 0 aliphatic rings. The van der Waals surface area contributed by atoms with Crippen molar-refractivity contribution in [1.82, 2.24) is 9.55 Å². The fraction of sp³-hybridized carbons (Fsp3) is 0.318. The fourth-order valence-electron chi connectivity index (χ4n) is 3.26. The molecule has 3 N–H and O–H groups in total. The smallest absolute Gasteiger partial charge is 0.330 e. The van der Waals surface area contributed by atoms with E-state index in [4.69, 9.17) is 14.9 Å². The molecular formula is C22H26N4O5. The third-order valence-electron chi connectivity index (χ3n) is 4.78. The maximum atomic E-state index is 13.6. The highest BCUT2D eigenvalue weighted by molar-refractivity contribution is 6.08. The Morgan fingerprint density at radius 3 is 2.65 bits per heavy atom. The zero-order valence-electron chi connectivity index (χ0n) is 17.6. The second-order valence-corrected chi connectivity index (χ2v) is 6.90. The maximum absolute atomic E-state index is 13.6. The lowest BCUT2D eigenvalue weighted by atomic mass is 10.1. The Kier molecular flexibility index (Phi) is 6.96. The molecule has 2 heterocycles. The van der Waals surface area contributed by atoms with Crippen LogP contribution in [0.2, 0.25) is 0 Å². The van der Waals surface area contributed by atoms with Gasteiger partial charge in [0.15, 0.2) is 5.69 Å². The van der Waals surface area contributed by atoms with Crippen molar-refractivity contribution in [3.8, 4) is 5.75 Å². The molecule has 0 radical (unpaired) electrons. The maximum Gasteiger partial charge on any atom is 0.330 e. The van der Waals surface area contributed by atoms with E-state index in [1.165, 1.54) is 15.7 Å². The van der Waals surface area contributed by atoms with Gasteiger partial charge in [-0.15, -0.1) is 0 Å². The number of nitrogens with zero attached hydrogens (tertiary/aromatic N) is 2. The average molecular weight is 426 g/mol. The molecule has 1 amide bonds. The number of aromatic nitrogens is 2. The number of nitrogens with one attached hydrogen (secondary N) is 1. The Hall–Kier alpha value is -3.75. The van der Waals surface area contributed by atoms with Gasteiger partial charge in [0.25, 0.3) is 11.5 Å². The summed E-state index contributed by atoms with van der Waals surface area (Å²) in [6.45, 7) is 4.43. The Morgan fingerprint density at radius 1 is 1.19 bits per heavy atom. The summed E-state index contributed by atoms with van der Waals surface area (Å²) in [5, 5.41) is 0. The number of carbonyl (C=O) groups excluding carboxylic acids is 1. The number of amides is 1. The number of para-hydroxylation sites is 1. The molecule has 164 valence electrons. The van der Waals surface area contributed by atoms with Gasteiger partial charge in [-0.05, 0) is 37.6 Å². The molecule has 0 aliphatic carbocycles. The van der Waals surface area contributed by atoms with Crippen LogP contribution in [0.4, 0.5) is 11.5 Å². The van der Waals surface area contributed by atoms with Crippen LogP contribution >= 0.6 is 0 Å². The first-order chi connectivity index (χ1) is 15.0. The molecule has 0 unspecified atom stereocenters. The van der Waals surface area contributed by atoms with E-state index in [-0.39, 0.29) is 23.6 Å². The molecule has 0 spiro atoms. The Bertz CT molecular complexity index is 1150. The van der Waals surface area contributed by atoms with E-state index in [1.54, 1.807) is 36.4 Å². The number of carbonyl (C=O) groups is 1. The fourth-order valence-corrected chi connectivity index (χ4v) is 3.26. The van der Waals surface area contributed by atoms with Crippen LogP contribution < -0.4 is 26.6 Å². The van der Waals surface area contributed by atoms with Gasteiger partial charge in [0, 0.05) is 6.54 Å². The monoisotopic (exact) mass is 426 g/mol. The number of hydrogen-bond donors (Lipinski definition) is 2. The van der Waals surface area contributed by atoms with E-state index in [0.717, 1.165) is 6.42 Å². The van der Waals surface area contributed by atoms with E-state index < -0.39 is 17.2 Å². The number of rotatable bonds is 9. The van der Waals surface area contributed by atoms with Crippen molar-refractivity contribution in [3.63, 3.8) is 0 Å². The molecule has 9 heteroatoms. The highest BCUT2D eigenvalue weighted by atomic mass is 16.5. The van der Waals surface area contributed by atoms with E-state index in [2.05, 4.69) is 4.98 Å². The topological polar surface area (TPSA) is 124 Å². The minimum atomic E-state index is -0.746. The molecule has 0 saturated carbocycles. The van der Waals surface area contributed by atoms with Crippen molar-refractivity contribution in [3.05, 3.63) is 74.8 Å². The lowest BCUT2D eigenvalue weighted by Crippen LogP contribution is -2.41. The molecule has 1 aromatic carbocycles. The van der Waals surface area contributed by atoms with Crippen LogP contribution in [0.25, 0.3) is 0 Å². The quantitative estimate of drug-likeness (QED) is 0.542. The summed E-state index contributed by atoms with van der Waals surface area (Å²) < 4.78 is 12.3. The van der Waals surface area contributed by atoms with Gasteiger partial charge < -0.3 is 14.9 Å². The van der Waals surface area contributed by atoms with Gasteiger partial charge in [-0.3, -0.25) is 24.0 Å². The Balaban J connectivity index is 2.16. The first-order valence-corrected chi connectivity index (χ1v) is 10.2. The molecule has 31 heavy (non-hydrogen) atoms. The molecule has 0 aliphatic heterocycles. The molecule has 0 bridgehead atoms. The average Bonchev–Trinajstić information content (AvgIpc) is 3.26. The third-order valence-corrected chi connectivity index (χ3v) is 4.78. The molecule has 2 aromatic heterocycles. The minimum Gasteiger partial charge on any atom is -0.493 e. The van der Waals surface area contributed by atoms with Crippen LogP contribution in [-0.4, -0.2) is 22.1 Å². The molecule has 3 rings (SSSR count). The van der Waals surface area contributed by atoms with Gasteiger partial charge >= 0.3 is 5.69 Å². The van der Waals surface area contributed by atoms with Crippen LogP contribution in [0.1, 0.15) is 42.8 Å². The number of hydrogen-bond acceptors (Lipinski definition) is 6. The highest BCUT2D eigenvalue weighted by Gasteiger charge is 2.28. The normalized spacial score (nSPS) is 10.8. The summed E-state index contributed by atoms with van der Waals surface area (Å²) in [5.74, 6) is 0.260. The van der Waals surface area contributed by atoms with Crippen LogP contribution in [0.3, 0.4) is 0 Å². The Labute approximate surface area is 179 Å². The lowest BCUT2D eigenvalue weighted by Gasteiger charge is -2.24. The molecular weight excluding hydrogens is 400 g/mol. The van der Waals surface area contributed by atoms with Crippen LogP contribution in [0.15, 0.2) is 56.7 Å². The minimum absolute atomic E-state index is 0.0500.